The minimum Gasteiger partial charge on any atom is -0.460 e. The highest BCUT2D eigenvalue weighted by Crippen LogP contribution is 2.33. The topological polar surface area (TPSA) is 26.3 Å². The van der Waals surface area contributed by atoms with Crippen molar-refractivity contribution in [3.63, 3.8) is 0 Å². The summed E-state index contributed by atoms with van der Waals surface area (Å²) in [5.74, 6) is 1.60. The van der Waals surface area contributed by atoms with Crippen LogP contribution in [0.5, 0.6) is 0 Å². The van der Waals surface area contributed by atoms with Crippen LogP contribution in [0.4, 0.5) is 0 Å². The van der Waals surface area contributed by atoms with Crippen LogP contribution < -0.4 is 0 Å². The van der Waals surface area contributed by atoms with E-state index in [0.717, 1.165) is 12.3 Å². The normalized spacial score (nSPS) is 16.0. The monoisotopic (exact) mass is 386 g/mol. The maximum absolute atomic E-state index is 12.6. The molecule has 0 atom stereocenters. The summed E-state index contributed by atoms with van der Waals surface area (Å²) >= 11 is 0. The lowest BCUT2D eigenvalue weighted by Gasteiger charge is -2.25. The molecule has 0 heterocycles. The third-order valence-corrected chi connectivity index (χ3v) is 5.93. The van der Waals surface area contributed by atoms with Gasteiger partial charge in [-0.15, -0.1) is 0 Å². The Hall–Kier alpha value is -1.31. The summed E-state index contributed by atoms with van der Waals surface area (Å²) in [5.41, 5.74) is 4.87. The van der Waals surface area contributed by atoms with Gasteiger partial charge >= 0.3 is 5.97 Å². The largest absolute Gasteiger partial charge is 0.460 e. The second kappa shape index (κ2) is 9.94. The van der Waals surface area contributed by atoms with Gasteiger partial charge in [0.1, 0.15) is 5.60 Å². The van der Waals surface area contributed by atoms with E-state index in [1.54, 1.807) is 0 Å². The van der Waals surface area contributed by atoms with Gasteiger partial charge in [0.2, 0.25) is 0 Å². The highest BCUT2D eigenvalue weighted by atomic mass is 16.6. The van der Waals surface area contributed by atoms with Crippen molar-refractivity contribution in [1.29, 1.82) is 0 Å². The third kappa shape index (κ3) is 6.94. The van der Waals surface area contributed by atoms with Crippen molar-refractivity contribution in [3.8, 4) is 0 Å². The van der Waals surface area contributed by atoms with Crippen molar-refractivity contribution < 1.29 is 9.53 Å². The summed E-state index contributed by atoms with van der Waals surface area (Å²) in [6.45, 7) is 14.8. The number of benzene rings is 1. The molecule has 1 aromatic carbocycles. The molecule has 0 bridgehead atoms. The Bertz CT molecular complexity index is 614. The highest BCUT2D eigenvalue weighted by molar-refractivity contribution is 5.74. The second-order valence-corrected chi connectivity index (χ2v) is 10.4. The number of hydrogen-bond acceptors (Lipinski definition) is 2. The first-order chi connectivity index (χ1) is 13.1. The van der Waals surface area contributed by atoms with Crippen molar-refractivity contribution in [2.24, 2.45) is 5.92 Å². The SMILES string of the molecule is CC(C)c1cc(CCC2CCCCC2)cc(C(C)C)c1CC(=O)OC(C)(C)C. The van der Waals surface area contributed by atoms with Crippen LogP contribution >= 0.6 is 0 Å². The smallest absolute Gasteiger partial charge is 0.310 e. The first kappa shape index (κ1) is 23.0. The first-order valence-electron chi connectivity index (χ1n) is 11.4. The maximum Gasteiger partial charge on any atom is 0.310 e. The quantitative estimate of drug-likeness (QED) is 0.458. The van der Waals surface area contributed by atoms with Crippen LogP contribution in [0.1, 0.15) is 121 Å². The molecular formula is C26H42O2. The number of ether oxygens (including phenoxy) is 1. The van der Waals surface area contributed by atoms with E-state index in [1.165, 1.54) is 60.8 Å². The molecule has 1 aromatic rings. The van der Waals surface area contributed by atoms with Crippen LogP contribution in [-0.4, -0.2) is 11.6 Å². The molecule has 0 radical (unpaired) electrons. The number of carbonyl (C=O) groups excluding carboxylic acids is 1. The molecule has 28 heavy (non-hydrogen) atoms. The van der Waals surface area contributed by atoms with Crippen molar-refractivity contribution in [1.82, 2.24) is 0 Å². The number of rotatable bonds is 7. The van der Waals surface area contributed by atoms with Crippen molar-refractivity contribution in [2.75, 3.05) is 0 Å². The summed E-state index contributed by atoms with van der Waals surface area (Å²) in [6, 6.07) is 4.75. The Morgan fingerprint density at radius 2 is 1.54 bits per heavy atom. The number of carbonyl (C=O) groups is 1. The fraction of sp³-hybridized carbons (Fsp3) is 0.731. The Labute approximate surface area is 173 Å². The minimum absolute atomic E-state index is 0.119. The van der Waals surface area contributed by atoms with Crippen LogP contribution in [0.3, 0.4) is 0 Å². The highest BCUT2D eigenvalue weighted by Gasteiger charge is 2.22. The van der Waals surface area contributed by atoms with E-state index in [1.807, 2.05) is 20.8 Å². The second-order valence-electron chi connectivity index (χ2n) is 10.4. The predicted molar refractivity (Wildman–Crippen MR) is 119 cm³/mol. The van der Waals surface area contributed by atoms with Gasteiger partial charge in [-0.1, -0.05) is 71.9 Å². The van der Waals surface area contributed by atoms with Gasteiger partial charge in [-0.3, -0.25) is 4.79 Å². The van der Waals surface area contributed by atoms with Gasteiger partial charge < -0.3 is 4.74 Å². The maximum atomic E-state index is 12.6. The average Bonchev–Trinajstić information content (AvgIpc) is 2.59. The molecule has 0 spiro atoms. The molecule has 1 aliphatic rings. The Balaban J connectivity index is 2.26. The zero-order valence-electron chi connectivity index (χ0n) is 19.4. The van der Waals surface area contributed by atoms with E-state index in [4.69, 9.17) is 4.74 Å². The molecular weight excluding hydrogens is 344 g/mol. The molecule has 0 amide bonds. The zero-order valence-corrected chi connectivity index (χ0v) is 19.4. The van der Waals surface area contributed by atoms with Gasteiger partial charge in [0.15, 0.2) is 0 Å². The van der Waals surface area contributed by atoms with Crippen LogP contribution in [0.2, 0.25) is 0 Å². The van der Waals surface area contributed by atoms with Gasteiger partial charge in [0, 0.05) is 0 Å². The van der Waals surface area contributed by atoms with E-state index in [0.29, 0.717) is 18.3 Å². The third-order valence-electron chi connectivity index (χ3n) is 5.93. The van der Waals surface area contributed by atoms with Gasteiger partial charge in [-0.05, 0) is 73.6 Å². The van der Waals surface area contributed by atoms with E-state index < -0.39 is 5.60 Å². The van der Waals surface area contributed by atoms with Gasteiger partial charge in [-0.2, -0.15) is 0 Å². The van der Waals surface area contributed by atoms with Crippen molar-refractivity contribution in [2.45, 2.75) is 117 Å². The lowest BCUT2D eigenvalue weighted by molar-refractivity contribution is -0.153. The van der Waals surface area contributed by atoms with Gasteiger partial charge in [0.05, 0.1) is 6.42 Å². The molecule has 0 saturated heterocycles. The molecule has 2 nitrogen and oxygen atoms in total. The van der Waals surface area contributed by atoms with E-state index >= 15 is 0 Å². The summed E-state index contributed by atoms with van der Waals surface area (Å²) in [5, 5.41) is 0. The van der Waals surface area contributed by atoms with Gasteiger partial charge in [-0.25, -0.2) is 0 Å². The van der Waals surface area contributed by atoms with Gasteiger partial charge in [0.25, 0.3) is 0 Å². The standard InChI is InChI=1S/C26H42O2/c1-18(2)22-15-21(14-13-20-11-9-8-10-12-20)16-23(19(3)4)24(22)17-25(27)28-26(5,6)7/h15-16,18-20H,8-14,17H2,1-7H3. The predicted octanol–water partition coefficient (Wildman–Crippen LogP) is 7.33. The van der Waals surface area contributed by atoms with Crippen LogP contribution in [0, 0.1) is 5.92 Å². The molecule has 2 rings (SSSR count). The Kier molecular flexibility index (Phi) is 8.16. The lowest BCUT2D eigenvalue weighted by Crippen LogP contribution is -2.25. The summed E-state index contributed by atoms with van der Waals surface area (Å²) in [4.78, 5) is 12.6. The number of hydrogen-bond donors (Lipinski definition) is 0. The zero-order chi connectivity index (χ0) is 20.9. The van der Waals surface area contributed by atoms with Crippen LogP contribution in [-0.2, 0) is 22.4 Å². The molecule has 1 fully saturated rings. The Morgan fingerprint density at radius 3 is 2.00 bits per heavy atom. The fourth-order valence-electron chi connectivity index (χ4n) is 4.53. The molecule has 0 aromatic heterocycles. The van der Waals surface area contributed by atoms with E-state index in [2.05, 4.69) is 39.8 Å². The molecule has 1 aliphatic carbocycles. The summed E-state index contributed by atoms with van der Waals surface area (Å²) in [7, 11) is 0. The average molecular weight is 387 g/mol. The van der Waals surface area contributed by atoms with Crippen LogP contribution in [0.15, 0.2) is 12.1 Å². The molecule has 0 N–H and O–H groups in total. The van der Waals surface area contributed by atoms with E-state index in [-0.39, 0.29) is 5.97 Å². The number of aryl methyl sites for hydroxylation is 1. The molecule has 0 unspecified atom stereocenters. The van der Waals surface area contributed by atoms with E-state index in [9.17, 15) is 4.79 Å². The number of esters is 1. The van der Waals surface area contributed by atoms with Crippen molar-refractivity contribution in [3.05, 3.63) is 34.4 Å². The molecule has 158 valence electrons. The molecule has 2 heteroatoms. The fourth-order valence-corrected chi connectivity index (χ4v) is 4.53. The van der Waals surface area contributed by atoms with Crippen LogP contribution in [0.25, 0.3) is 0 Å². The minimum atomic E-state index is -0.437. The summed E-state index contributed by atoms with van der Waals surface area (Å²) < 4.78 is 5.63. The molecule has 1 saturated carbocycles. The Morgan fingerprint density at radius 1 is 1.00 bits per heavy atom. The van der Waals surface area contributed by atoms with Crippen molar-refractivity contribution >= 4 is 5.97 Å². The molecule has 0 aliphatic heterocycles. The summed E-state index contributed by atoms with van der Waals surface area (Å²) in [6.07, 6.45) is 9.90. The first-order valence-corrected chi connectivity index (χ1v) is 11.4. The lowest BCUT2D eigenvalue weighted by atomic mass is 9.82.